The summed E-state index contributed by atoms with van der Waals surface area (Å²) in [5, 5.41) is 8.10. The van der Waals surface area contributed by atoms with E-state index in [9.17, 15) is 0 Å². The number of nitrogens with one attached hydrogen (secondary N) is 2. The van der Waals surface area contributed by atoms with Crippen molar-refractivity contribution < 1.29 is 0 Å². The number of anilines is 1. The van der Waals surface area contributed by atoms with Crippen molar-refractivity contribution in [3.8, 4) is 0 Å². The van der Waals surface area contributed by atoms with Gasteiger partial charge >= 0.3 is 0 Å². The third kappa shape index (κ3) is 3.25. The van der Waals surface area contributed by atoms with Gasteiger partial charge in [-0.15, -0.1) is 0 Å². The Labute approximate surface area is 124 Å². The molecule has 0 atom stereocenters. The van der Waals surface area contributed by atoms with Crippen LogP contribution in [0.15, 0.2) is 36.4 Å². The highest BCUT2D eigenvalue weighted by atomic mass is 32.2. The van der Waals surface area contributed by atoms with E-state index in [1.54, 1.807) is 0 Å². The molecule has 3 rings (SSSR count). The Bertz CT molecular complexity index is 581. The van der Waals surface area contributed by atoms with E-state index in [4.69, 9.17) is 0 Å². The first-order chi connectivity index (χ1) is 9.81. The van der Waals surface area contributed by atoms with Gasteiger partial charge < -0.3 is 10.6 Å². The highest BCUT2D eigenvalue weighted by Gasteiger charge is 2.41. The lowest BCUT2D eigenvalue weighted by Crippen LogP contribution is -2.30. The lowest BCUT2D eigenvalue weighted by molar-refractivity contribution is 0.675. The van der Waals surface area contributed by atoms with Gasteiger partial charge in [0.25, 0.3) is 0 Å². The highest BCUT2D eigenvalue weighted by molar-refractivity contribution is 8.00. The fourth-order valence-electron chi connectivity index (χ4n) is 2.35. The molecule has 106 valence electrons. The van der Waals surface area contributed by atoms with Gasteiger partial charge in [0.15, 0.2) is 0 Å². The number of thioether (sulfide) groups is 1. The van der Waals surface area contributed by atoms with Gasteiger partial charge in [0.2, 0.25) is 0 Å². The van der Waals surface area contributed by atoms with Crippen LogP contribution in [0.1, 0.15) is 12.8 Å². The molecule has 2 N–H and O–H groups in total. The average Bonchev–Trinajstić information content (AvgIpc) is 3.27. The van der Waals surface area contributed by atoms with E-state index >= 15 is 0 Å². The van der Waals surface area contributed by atoms with Gasteiger partial charge in [-0.3, -0.25) is 0 Å². The standard InChI is InChI=1S/C16H21N3S/c1-20-16(8-9-16)12-17-10-11-18-15-7-6-13-4-2-3-5-14(13)19-15/h2-7,17H,8-12H2,1H3,(H,18,19). The van der Waals surface area contributed by atoms with Crippen molar-refractivity contribution in [2.24, 2.45) is 0 Å². The van der Waals surface area contributed by atoms with Crippen molar-refractivity contribution in [2.45, 2.75) is 17.6 Å². The number of aromatic nitrogens is 1. The SMILES string of the molecule is CSC1(CNCCNc2ccc3ccccc3n2)CC1. The third-order valence-electron chi connectivity index (χ3n) is 3.89. The molecule has 1 aromatic heterocycles. The van der Waals surface area contributed by atoms with Gasteiger partial charge in [-0.05, 0) is 37.3 Å². The van der Waals surface area contributed by atoms with Crippen LogP contribution < -0.4 is 10.6 Å². The zero-order chi connectivity index (χ0) is 13.8. The normalized spacial score (nSPS) is 16.2. The lowest BCUT2D eigenvalue weighted by Gasteiger charge is -2.13. The van der Waals surface area contributed by atoms with Gasteiger partial charge in [0.05, 0.1) is 5.52 Å². The monoisotopic (exact) mass is 287 g/mol. The predicted octanol–water partition coefficient (Wildman–Crippen LogP) is 3.13. The molecule has 4 heteroatoms. The summed E-state index contributed by atoms with van der Waals surface area (Å²) in [5.41, 5.74) is 1.05. The molecule has 0 unspecified atom stereocenters. The molecule has 0 radical (unpaired) electrons. The quantitative estimate of drug-likeness (QED) is 0.767. The minimum atomic E-state index is 0.543. The summed E-state index contributed by atoms with van der Waals surface area (Å²) in [7, 11) is 0. The van der Waals surface area contributed by atoms with E-state index in [-0.39, 0.29) is 0 Å². The van der Waals surface area contributed by atoms with Crippen LogP contribution in [0.5, 0.6) is 0 Å². The molecule has 1 aromatic carbocycles. The largest absolute Gasteiger partial charge is 0.369 e. The molecule has 0 aliphatic heterocycles. The van der Waals surface area contributed by atoms with Crippen LogP contribution in [0.4, 0.5) is 5.82 Å². The molecule has 0 bridgehead atoms. The van der Waals surface area contributed by atoms with Crippen LogP contribution in [0, 0.1) is 0 Å². The third-order valence-corrected chi connectivity index (χ3v) is 5.31. The van der Waals surface area contributed by atoms with Gasteiger partial charge in [0.1, 0.15) is 5.82 Å². The van der Waals surface area contributed by atoms with Gasteiger partial charge in [0, 0.05) is 29.8 Å². The van der Waals surface area contributed by atoms with Gasteiger partial charge in [-0.1, -0.05) is 18.2 Å². The van der Waals surface area contributed by atoms with E-state index in [1.165, 1.54) is 18.2 Å². The first-order valence-corrected chi connectivity index (χ1v) is 8.39. The lowest BCUT2D eigenvalue weighted by atomic mass is 10.2. The Morgan fingerprint density at radius 1 is 1.15 bits per heavy atom. The smallest absolute Gasteiger partial charge is 0.126 e. The average molecular weight is 287 g/mol. The zero-order valence-electron chi connectivity index (χ0n) is 11.9. The molecule has 1 saturated carbocycles. The Morgan fingerprint density at radius 3 is 2.80 bits per heavy atom. The van der Waals surface area contributed by atoms with Crippen LogP contribution in [-0.2, 0) is 0 Å². The molecule has 1 heterocycles. The van der Waals surface area contributed by atoms with E-state index in [0.717, 1.165) is 31.0 Å². The number of benzene rings is 1. The number of pyridine rings is 1. The molecular weight excluding hydrogens is 266 g/mol. The van der Waals surface area contributed by atoms with Crippen LogP contribution >= 0.6 is 11.8 Å². The first kappa shape index (κ1) is 13.7. The Morgan fingerprint density at radius 2 is 2.00 bits per heavy atom. The summed E-state index contributed by atoms with van der Waals surface area (Å²) in [4.78, 5) is 4.61. The number of para-hydroxylation sites is 1. The van der Waals surface area contributed by atoms with Crippen LogP contribution in [0.3, 0.4) is 0 Å². The van der Waals surface area contributed by atoms with Crippen LogP contribution in [0.25, 0.3) is 10.9 Å². The molecule has 0 saturated heterocycles. The first-order valence-electron chi connectivity index (χ1n) is 7.17. The van der Waals surface area contributed by atoms with Gasteiger partial charge in [-0.2, -0.15) is 11.8 Å². The molecule has 3 nitrogen and oxygen atoms in total. The zero-order valence-corrected chi connectivity index (χ0v) is 12.7. The second-order valence-electron chi connectivity index (χ2n) is 5.38. The number of fused-ring (bicyclic) bond motifs is 1. The molecule has 0 spiro atoms. The van der Waals surface area contributed by atoms with Crippen molar-refractivity contribution in [3.05, 3.63) is 36.4 Å². The predicted molar refractivity (Wildman–Crippen MR) is 88.6 cm³/mol. The highest BCUT2D eigenvalue weighted by Crippen LogP contribution is 2.46. The molecule has 0 amide bonds. The number of hydrogen-bond acceptors (Lipinski definition) is 4. The van der Waals surface area contributed by atoms with Crippen molar-refractivity contribution >= 4 is 28.5 Å². The minimum absolute atomic E-state index is 0.543. The topological polar surface area (TPSA) is 37.0 Å². The molecule has 1 aliphatic carbocycles. The van der Waals surface area contributed by atoms with E-state index in [0.29, 0.717) is 4.75 Å². The summed E-state index contributed by atoms with van der Waals surface area (Å²) in [6, 6.07) is 12.4. The Balaban J connectivity index is 1.45. The summed E-state index contributed by atoms with van der Waals surface area (Å²) in [5.74, 6) is 0.955. The van der Waals surface area contributed by atoms with Crippen molar-refractivity contribution in [1.29, 1.82) is 0 Å². The van der Waals surface area contributed by atoms with Crippen molar-refractivity contribution in [3.63, 3.8) is 0 Å². The van der Waals surface area contributed by atoms with Crippen LogP contribution in [0.2, 0.25) is 0 Å². The van der Waals surface area contributed by atoms with Crippen LogP contribution in [-0.4, -0.2) is 35.6 Å². The second kappa shape index (κ2) is 6.02. The maximum atomic E-state index is 4.61. The maximum absolute atomic E-state index is 4.61. The molecular formula is C16H21N3S. The number of nitrogens with zero attached hydrogens (tertiary/aromatic N) is 1. The summed E-state index contributed by atoms with van der Waals surface area (Å²) in [6.45, 7) is 3.02. The van der Waals surface area contributed by atoms with Crippen molar-refractivity contribution in [2.75, 3.05) is 31.2 Å². The van der Waals surface area contributed by atoms with E-state index in [1.807, 2.05) is 36.0 Å². The fraction of sp³-hybridized carbons (Fsp3) is 0.438. The molecule has 20 heavy (non-hydrogen) atoms. The molecule has 1 fully saturated rings. The summed E-state index contributed by atoms with van der Waals surface area (Å²) in [6.07, 6.45) is 4.94. The van der Waals surface area contributed by atoms with E-state index < -0.39 is 0 Å². The molecule has 1 aliphatic rings. The van der Waals surface area contributed by atoms with Gasteiger partial charge in [-0.25, -0.2) is 4.98 Å². The second-order valence-corrected chi connectivity index (χ2v) is 6.65. The molecule has 2 aromatic rings. The minimum Gasteiger partial charge on any atom is -0.369 e. The summed E-state index contributed by atoms with van der Waals surface area (Å²) < 4.78 is 0.543. The number of hydrogen-bond donors (Lipinski definition) is 2. The van der Waals surface area contributed by atoms with E-state index in [2.05, 4.69) is 34.0 Å². The number of rotatable bonds is 7. The Hall–Kier alpha value is -1.26. The summed E-state index contributed by atoms with van der Waals surface area (Å²) >= 11 is 2.00. The van der Waals surface area contributed by atoms with Crippen molar-refractivity contribution in [1.82, 2.24) is 10.3 Å². The maximum Gasteiger partial charge on any atom is 0.126 e. The fourth-order valence-corrected chi connectivity index (χ4v) is 3.11. The Kier molecular flexibility index (Phi) is 4.13.